The monoisotopic (exact) mass is 785 g/mol. The summed E-state index contributed by atoms with van der Waals surface area (Å²) in [4.78, 5) is 36.2. The second kappa shape index (κ2) is 16.1. The zero-order valence-electron chi connectivity index (χ0n) is 31.6. The maximum Gasteiger partial charge on any atom is 0.264 e. The Bertz CT molecular complexity index is 1870. The van der Waals surface area contributed by atoms with E-state index in [0.717, 1.165) is 45.2 Å². The van der Waals surface area contributed by atoms with Gasteiger partial charge in [-0.05, 0) is 99.4 Å². The van der Waals surface area contributed by atoms with Crippen molar-refractivity contribution in [3.63, 3.8) is 0 Å². The Labute approximate surface area is 323 Å². The summed E-state index contributed by atoms with van der Waals surface area (Å²) in [5, 5.41) is -0.325. The van der Waals surface area contributed by atoms with E-state index in [4.69, 9.17) is 21.1 Å². The minimum Gasteiger partial charge on any atom is -0.490 e. The first-order valence-corrected chi connectivity index (χ1v) is 21.3. The molecule has 1 N–H and O–H groups in total. The first-order valence-electron chi connectivity index (χ1n) is 19.4. The predicted molar refractivity (Wildman–Crippen MR) is 207 cm³/mol. The van der Waals surface area contributed by atoms with Crippen molar-refractivity contribution in [2.24, 2.45) is 5.92 Å². The van der Waals surface area contributed by atoms with Gasteiger partial charge in [0.05, 0.1) is 30.8 Å². The third-order valence-electron chi connectivity index (χ3n) is 12.4. The van der Waals surface area contributed by atoms with E-state index in [1.54, 1.807) is 37.1 Å². The number of carbonyl (C=O) groups excluding carboxylic acids is 2. The molecule has 0 aromatic heterocycles. The van der Waals surface area contributed by atoms with Crippen molar-refractivity contribution in [1.82, 2.24) is 19.4 Å². The minimum absolute atomic E-state index is 0.0795. The first-order chi connectivity index (χ1) is 25.8. The van der Waals surface area contributed by atoms with Gasteiger partial charge in [-0.1, -0.05) is 30.7 Å². The van der Waals surface area contributed by atoms with E-state index < -0.39 is 44.4 Å². The first kappa shape index (κ1) is 39.0. The van der Waals surface area contributed by atoms with Crippen LogP contribution in [0.25, 0.3) is 0 Å². The molecule has 2 aromatic carbocycles. The minimum atomic E-state index is -4.14. The van der Waals surface area contributed by atoms with Crippen LogP contribution in [0.1, 0.15) is 67.4 Å². The highest BCUT2D eigenvalue weighted by Gasteiger charge is 2.45. The highest BCUT2D eigenvalue weighted by atomic mass is 35.5. The summed E-state index contributed by atoms with van der Waals surface area (Å²) in [5.41, 5.74) is 2.83. The summed E-state index contributed by atoms with van der Waals surface area (Å²) in [6.45, 7) is 9.15. The molecular weight excluding hydrogens is 733 g/mol. The highest BCUT2D eigenvalue weighted by Crippen LogP contribution is 2.45. The second-order valence-electron chi connectivity index (χ2n) is 15.9. The van der Waals surface area contributed by atoms with Crippen LogP contribution in [0.15, 0.2) is 48.3 Å². The number of amides is 2. The zero-order valence-corrected chi connectivity index (χ0v) is 33.1. The zero-order chi connectivity index (χ0) is 38.2. The molecule has 5 aliphatic rings. The molecule has 4 heterocycles. The summed E-state index contributed by atoms with van der Waals surface area (Å²) < 4.78 is 58.3. The largest absolute Gasteiger partial charge is 0.490 e. The maximum absolute atomic E-state index is 16.8. The number of aryl methyl sites for hydroxylation is 1. The third kappa shape index (κ3) is 8.02. The van der Waals surface area contributed by atoms with Gasteiger partial charge in [-0.3, -0.25) is 19.4 Å². The van der Waals surface area contributed by atoms with Crippen LogP contribution in [0.4, 0.5) is 10.1 Å². The van der Waals surface area contributed by atoms with Crippen LogP contribution in [0, 0.1) is 5.92 Å². The number of anilines is 1. The number of sulfonamides is 1. The molecule has 294 valence electrons. The van der Waals surface area contributed by atoms with E-state index in [-0.39, 0.29) is 23.9 Å². The van der Waals surface area contributed by atoms with E-state index in [2.05, 4.69) is 20.6 Å². The second-order valence-corrected chi connectivity index (χ2v) is 18.4. The number of halogens is 2. The number of nitrogens with zero attached hydrogens (tertiary/aromatic N) is 4. The molecule has 7 rings (SSSR count). The summed E-state index contributed by atoms with van der Waals surface area (Å²) in [7, 11) is -2.40. The van der Waals surface area contributed by atoms with Crippen molar-refractivity contribution < 1.29 is 31.9 Å². The van der Waals surface area contributed by atoms with Gasteiger partial charge in [-0.15, -0.1) is 0 Å². The number of benzene rings is 2. The number of hydrogen-bond acceptors (Lipinski definition) is 9. The molecular formula is C40H53ClFN5O6S. The molecule has 5 atom stereocenters. The number of hydrogen-bond donors (Lipinski definition) is 1. The Morgan fingerprint density at radius 1 is 1.11 bits per heavy atom. The van der Waals surface area contributed by atoms with Crippen LogP contribution < -0.4 is 14.4 Å². The molecule has 2 fully saturated rings. The van der Waals surface area contributed by atoms with Crippen LogP contribution in [0.5, 0.6) is 5.75 Å². The van der Waals surface area contributed by atoms with Gasteiger partial charge in [-0.25, -0.2) is 17.5 Å². The van der Waals surface area contributed by atoms with Crippen LogP contribution >= 0.6 is 11.6 Å². The van der Waals surface area contributed by atoms with Gasteiger partial charge in [0.15, 0.2) is 0 Å². The number of ether oxygens (including phenoxy) is 2. The maximum atomic E-state index is 16.8. The number of rotatable bonds is 4. The number of carbonyl (C=O) groups is 2. The van der Waals surface area contributed by atoms with Gasteiger partial charge in [0, 0.05) is 68.4 Å². The van der Waals surface area contributed by atoms with Gasteiger partial charge in [0.25, 0.3) is 5.91 Å². The molecule has 14 heteroatoms. The van der Waals surface area contributed by atoms with E-state index in [1.807, 2.05) is 17.0 Å². The van der Waals surface area contributed by atoms with E-state index in [9.17, 15) is 18.0 Å². The SMILES string of the molecule is C[C@@H]1[C@@H](C)C/C=C(\F)[C@@H](C(=O)N(C)CCN2CCOCC2)N2CCC[C@H]2CN2C[C@@]3(CCCc4cc(Cl)ccc43)COc3ccc(cc32)C(=O)NS1(=O)=O. The van der Waals surface area contributed by atoms with Crippen molar-refractivity contribution in [2.45, 2.75) is 75.1 Å². The van der Waals surface area contributed by atoms with Crippen molar-refractivity contribution in [3.8, 4) is 5.75 Å². The van der Waals surface area contributed by atoms with Crippen LogP contribution in [-0.2, 0) is 31.4 Å². The average molecular weight is 786 g/mol. The standard InChI is InChI=1S/C40H53ClFN5O6S/c1-27-8-12-34(42)37(39(49)44(3)16-17-45-18-20-52-21-19-45)47-15-5-7-32(47)24-46-25-40(14-4-6-29-22-31(41)10-11-33(29)40)26-53-36-13-9-30(23-35(36)46)38(48)43-54(50,51)28(27)2/h9-13,22-23,27-28,32,37H,4-8,14-21,24-26H2,1-3H3,(H,43,48)/b34-12-/t27-,28+,32-,37-,40-/m0/s1. The molecule has 2 amide bonds. The average Bonchev–Trinajstić information content (AvgIpc) is 3.55. The lowest BCUT2D eigenvalue weighted by Crippen LogP contribution is -2.54. The Morgan fingerprint density at radius 2 is 1.91 bits per heavy atom. The molecule has 54 heavy (non-hydrogen) atoms. The van der Waals surface area contributed by atoms with Gasteiger partial charge in [0.2, 0.25) is 15.9 Å². The summed E-state index contributed by atoms with van der Waals surface area (Å²) in [6, 6.07) is 9.78. The quantitative estimate of drug-likeness (QED) is 0.469. The van der Waals surface area contributed by atoms with Crippen molar-refractivity contribution in [3.05, 3.63) is 70.0 Å². The summed E-state index contributed by atoms with van der Waals surface area (Å²) >= 11 is 6.46. The van der Waals surface area contributed by atoms with E-state index in [0.29, 0.717) is 69.0 Å². The molecule has 1 spiro atoms. The third-order valence-corrected chi connectivity index (χ3v) is 14.6. The number of likely N-dealkylation sites (N-methyl/N-ethyl adjacent to an activating group) is 1. The highest BCUT2D eigenvalue weighted by molar-refractivity contribution is 7.90. The Kier molecular flexibility index (Phi) is 11.6. The van der Waals surface area contributed by atoms with E-state index >= 15 is 4.39 Å². The molecule has 0 unspecified atom stereocenters. The molecule has 2 aromatic rings. The van der Waals surface area contributed by atoms with Gasteiger partial charge in [-0.2, -0.15) is 0 Å². The molecule has 11 nitrogen and oxygen atoms in total. The molecule has 4 aliphatic heterocycles. The number of nitrogens with one attached hydrogen (secondary N) is 1. The normalized spacial score (nSPS) is 30.3. The Balaban J connectivity index is 1.29. The lowest BCUT2D eigenvalue weighted by Gasteiger charge is -2.42. The van der Waals surface area contributed by atoms with Gasteiger partial charge >= 0.3 is 0 Å². The molecule has 0 radical (unpaired) electrons. The molecule has 2 bridgehead atoms. The van der Waals surface area contributed by atoms with Crippen LogP contribution in [0.3, 0.4) is 0 Å². The fraction of sp³-hybridized carbons (Fsp3) is 0.600. The van der Waals surface area contributed by atoms with Gasteiger partial charge < -0.3 is 19.3 Å². The van der Waals surface area contributed by atoms with Crippen LogP contribution in [-0.4, -0.2) is 125 Å². The van der Waals surface area contributed by atoms with Gasteiger partial charge in [0.1, 0.15) is 17.6 Å². The smallest absolute Gasteiger partial charge is 0.264 e. The number of morpholine rings is 1. The van der Waals surface area contributed by atoms with E-state index in [1.165, 1.54) is 24.1 Å². The molecule has 1 aliphatic carbocycles. The number of fused-ring (bicyclic) bond motifs is 4. The molecule has 0 saturated carbocycles. The Hall–Kier alpha value is -3.23. The fourth-order valence-corrected chi connectivity index (χ4v) is 10.4. The van der Waals surface area contributed by atoms with Crippen molar-refractivity contribution in [1.29, 1.82) is 0 Å². The molecule has 2 saturated heterocycles. The fourth-order valence-electron chi connectivity index (χ4n) is 8.95. The summed E-state index contributed by atoms with van der Waals surface area (Å²) in [5.74, 6) is -1.58. The summed E-state index contributed by atoms with van der Waals surface area (Å²) in [6.07, 6.45) is 5.73. The van der Waals surface area contributed by atoms with Crippen LogP contribution in [0.2, 0.25) is 5.02 Å². The Morgan fingerprint density at radius 3 is 2.70 bits per heavy atom. The predicted octanol–water partition coefficient (Wildman–Crippen LogP) is 4.78. The lowest BCUT2D eigenvalue weighted by molar-refractivity contribution is -0.135. The topological polar surface area (TPSA) is 112 Å². The number of allylic oxidation sites excluding steroid dienone is 1. The van der Waals surface area contributed by atoms with Crippen molar-refractivity contribution >= 4 is 39.1 Å². The van der Waals surface area contributed by atoms with Crippen molar-refractivity contribution in [2.75, 3.05) is 77.6 Å². The lowest BCUT2D eigenvalue weighted by atomic mass is 9.70.